The maximum absolute atomic E-state index is 12.9. The molecule has 0 aromatic heterocycles. The van der Waals surface area contributed by atoms with Gasteiger partial charge in [0.15, 0.2) is 0 Å². The van der Waals surface area contributed by atoms with Crippen molar-refractivity contribution in [1.82, 2.24) is 4.72 Å². The van der Waals surface area contributed by atoms with Crippen LogP contribution in [0.3, 0.4) is 0 Å². The van der Waals surface area contributed by atoms with Crippen LogP contribution in [0.1, 0.15) is 26.7 Å². The molecule has 3 nitrogen and oxygen atoms in total. The molecule has 0 fully saturated rings. The van der Waals surface area contributed by atoms with Crippen molar-refractivity contribution in [2.75, 3.05) is 0 Å². The van der Waals surface area contributed by atoms with Crippen LogP contribution in [0.4, 0.5) is 4.39 Å². The number of sulfonamides is 1. The van der Waals surface area contributed by atoms with Crippen LogP contribution in [-0.4, -0.2) is 14.5 Å². The fourth-order valence-corrected chi connectivity index (χ4v) is 3.06. The van der Waals surface area contributed by atoms with E-state index in [1.807, 2.05) is 13.8 Å². The Kier molecular flexibility index (Phi) is 4.91. The molecule has 1 aromatic rings. The van der Waals surface area contributed by atoms with Crippen molar-refractivity contribution in [3.8, 4) is 0 Å². The summed E-state index contributed by atoms with van der Waals surface area (Å²) in [6, 6.07) is 3.24. The topological polar surface area (TPSA) is 46.2 Å². The van der Waals surface area contributed by atoms with Crippen LogP contribution in [0.2, 0.25) is 5.02 Å². The molecule has 0 unspecified atom stereocenters. The molecule has 0 aliphatic rings. The van der Waals surface area contributed by atoms with Gasteiger partial charge in [-0.05, 0) is 31.0 Å². The van der Waals surface area contributed by atoms with Gasteiger partial charge in [0.25, 0.3) is 0 Å². The third-order valence-electron chi connectivity index (χ3n) is 2.51. The number of benzene rings is 1. The van der Waals surface area contributed by atoms with E-state index >= 15 is 0 Å². The maximum atomic E-state index is 12.9. The van der Waals surface area contributed by atoms with Crippen molar-refractivity contribution < 1.29 is 12.8 Å². The first kappa shape index (κ1) is 14.4. The van der Waals surface area contributed by atoms with E-state index in [0.717, 1.165) is 12.1 Å². The Labute approximate surface area is 106 Å². The molecule has 0 bridgehead atoms. The van der Waals surface area contributed by atoms with Crippen LogP contribution >= 0.6 is 11.6 Å². The van der Waals surface area contributed by atoms with Gasteiger partial charge in [-0.1, -0.05) is 25.4 Å². The molecule has 0 saturated heterocycles. The summed E-state index contributed by atoms with van der Waals surface area (Å²) in [5, 5.41) is -0.197. The van der Waals surface area contributed by atoms with Gasteiger partial charge < -0.3 is 0 Å². The SMILES string of the molecule is CCC(CC)NS(=O)(=O)c1ccc(F)c(Cl)c1. The normalized spacial score (nSPS) is 12.1. The van der Waals surface area contributed by atoms with Gasteiger partial charge in [-0.3, -0.25) is 0 Å². The first-order valence-electron chi connectivity index (χ1n) is 5.38. The molecule has 1 aromatic carbocycles. The summed E-state index contributed by atoms with van der Waals surface area (Å²) in [6.07, 6.45) is 1.40. The molecular weight excluding hydrogens is 265 g/mol. The average Bonchev–Trinajstić information content (AvgIpc) is 2.29. The van der Waals surface area contributed by atoms with Gasteiger partial charge in [-0.15, -0.1) is 0 Å². The highest BCUT2D eigenvalue weighted by molar-refractivity contribution is 7.89. The number of rotatable bonds is 5. The lowest BCUT2D eigenvalue weighted by atomic mass is 10.2. The van der Waals surface area contributed by atoms with Crippen molar-refractivity contribution in [2.24, 2.45) is 0 Å². The minimum absolute atomic E-state index is 0.0178. The molecule has 1 rings (SSSR count). The highest BCUT2D eigenvalue weighted by Gasteiger charge is 2.18. The highest BCUT2D eigenvalue weighted by atomic mass is 35.5. The zero-order valence-electron chi connectivity index (χ0n) is 9.70. The van der Waals surface area contributed by atoms with E-state index in [9.17, 15) is 12.8 Å². The minimum atomic E-state index is -3.62. The average molecular weight is 280 g/mol. The third-order valence-corrected chi connectivity index (χ3v) is 4.32. The molecule has 0 aliphatic heterocycles. The van der Waals surface area contributed by atoms with Gasteiger partial charge in [0, 0.05) is 6.04 Å². The van der Waals surface area contributed by atoms with E-state index in [1.165, 1.54) is 6.07 Å². The van der Waals surface area contributed by atoms with Gasteiger partial charge >= 0.3 is 0 Å². The smallest absolute Gasteiger partial charge is 0.208 e. The van der Waals surface area contributed by atoms with Crippen LogP contribution in [0.5, 0.6) is 0 Å². The second kappa shape index (κ2) is 5.80. The fourth-order valence-electron chi connectivity index (χ4n) is 1.39. The number of halogens is 2. The van der Waals surface area contributed by atoms with Crippen LogP contribution in [0.25, 0.3) is 0 Å². The Morgan fingerprint density at radius 3 is 2.41 bits per heavy atom. The van der Waals surface area contributed by atoms with Crippen LogP contribution in [0.15, 0.2) is 23.1 Å². The highest BCUT2D eigenvalue weighted by Crippen LogP contribution is 2.19. The Bertz CT molecular complexity index is 486. The molecule has 0 heterocycles. The monoisotopic (exact) mass is 279 g/mol. The van der Waals surface area contributed by atoms with Gasteiger partial charge in [0.2, 0.25) is 10.0 Å². The van der Waals surface area contributed by atoms with Crippen molar-refractivity contribution in [1.29, 1.82) is 0 Å². The molecule has 6 heteroatoms. The zero-order valence-corrected chi connectivity index (χ0v) is 11.3. The summed E-state index contributed by atoms with van der Waals surface area (Å²) >= 11 is 5.56. The zero-order chi connectivity index (χ0) is 13.1. The summed E-state index contributed by atoms with van der Waals surface area (Å²) in [7, 11) is -3.62. The minimum Gasteiger partial charge on any atom is -0.208 e. The molecule has 0 radical (unpaired) electrons. The first-order valence-corrected chi connectivity index (χ1v) is 7.24. The lowest BCUT2D eigenvalue weighted by Gasteiger charge is -2.15. The third kappa shape index (κ3) is 3.66. The lowest BCUT2D eigenvalue weighted by Crippen LogP contribution is -2.33. The van der Waals surface area contributed by atoms with Gasteiger partial charge in [0.05, 0.1) is 9.92 Å². The van der Waals surface area contributed by atoms with E-state index in [2.05, 4.69) is 4.72 Å². The van der Waals surface area contributed by atoms with E-state index in [4.69, 9.17) is 11.6 Å². The Morgan fingerprint density at radius 1 is 1.35 bits per heavy atom. The van der Waals surface area contributed by atoms with Gasteiger partial charge in [-0.2, -0.15) is 0 Å². The van der Waals surface area contributed by atoms with E-state index in [1.54, 1.807) is 0 Å². The molecule has 0 amide bonds. The van der Waals surface area contributed by atoms with Gasteiger partial charge in [-0.25, -0.2) is 17.5 Å². The fraction of sp³-hybridized carbons (Fsp3) is 0.455. The number of nitrogens with one attached hydrogen (secondary N) is 1. The summed E-state index contributed by atoms with van der Waals surface area (Å²) in [6.45, 7) is 3.79. The molecule has 0 saturated carbocycles. The Balaban J connectivity index is 3.01. The van der Waals surface area contributed by atoms with Crippen molar-refractivity contribution in [2.45, 2.75) is 37.6 Å². The molecule has 1 N–H and O–H groups in total. The maximum Gasteiger partial charge on any atom is 0.240 e. The number of hydrogen-bond donors (Lipinski definition) is 1. The summed E-state index contributed by atoms with van der Waals surface area (Å²) in [5.41, 5.74) is 0. The molecule has 17 heavy (non-hydrogen) atoms. The van der Waals surface area contributed by atoms with Crippen molar-refractivity contribution in [3.63, 3.8) is 0 Å². The first-order chi connectivity index (χ1) is 7.90. The van der Waals surface area contributed by atoms with Crippen LogP contribution in [0, 0.1) is 5.82 Å². The second-order valence-electron chi connectivity index (χ2n) is 3.71. The second-order valence-corrected chi connectivity index (χ2v) is 5.83. The molecule has 96 valence electrons. The predicted octanol–water partition coefficient (Wildman–Crippen LogP) is 2.95. The van der Waals surface area contributed by atoms with Crippen LogP contribution in [-0.2, 0) is 10.0 Å². The van der Waals surface area contributed by atoms with E-state index in [0.29, 0.717) is 12.8 Å². The summed E-state index contributed by atoms with van der Waals surface area (Å²) < 4.78 is 39.3. The largest absolute Gasteiger partial charge is 0.240 e. The Hall–Kier alpha value is -0.650. The standard InChI is InChI=1S/C11H15ClFNO2S/c1-3-8(4-2)14-17(15,16)9-5-6-11(13)10(12)7-9/h5-8,14H,3-4H2,1-2H3. The molecule has 0 atom stereocenters. The van der Waals surface area contributed by atoms with Gasteiger partial charge in [0.1, 0.15) is 5.82 Å². The number of hydrogen-bond acceptors (Lipinski definition) is 2. The predicted molar refractivity (Wildman–Crippen MR) is 66.1 cm³/mol. The lowest BCUT2D eigenvalue weighted by molar-refractivity contribution is 0.530. The molecular formula is C11H15ClFNO2S. The van der Waals surface area contributed by atoms with E-state index < -0.39 is 15.8 Å². The summed E-state index contributed by atoms with van der Waals surface area (Å²) in [5.74, 6) is -0.631. The van der Waals surface area contributed by atoms with E-state index in [-0.39, 0.29) is 16.0 Å². The molecule has 0 spiro atoms. The van der Waals surface area contributed by atoms with Crippen LogP contribution < -0.4 is 4.72 Å². The van der Waals surface area contributed by atoms with Crippen molar-refractivity contribution in [3.05, 3.63) is 29.0 Å². The molecule has 0 aliphatic carbocycles. The summed E-state index contributed by atoms with van der Waals surface area (Å²) in [4.78, 5) is -0.0178. The Morgan fingerprint density at radius 2 is 1.94 bits per heavy atom. The van der Waals surface area contributed by atoms with Crippen molar-refractivity contribution >= 4 is 21.6 Å². The quantitative estimate of drug-likeness (QED) is 0.901.